The van der Waals surface area contributed by atoms with E-state index in [0.29, 0.717) is 11.4 Å². The van der Waals surface area contributed by atoms with Gasteiger partial charge < -0.3 is 4.74 Å². The van der Waals surface area contributed by atoms with Crippen LogP contribution in [0.25, 0.3) is 0 Å². The Morgan fingerprint density at radius 3 is 2.31 bits per heavy atom. The van der Waals surface area contributed by atoms with Crippen LogP contribution in [0.15, 0.2) is 47.2 Å². The van der Waals surface area contributed by atoms with Gasteiger partial charge in [-0.3, -0.25) is 9.29 Å². The molecule has 1 aromatic carbocycles. The number of pyridine rings is 1. The zero-order valence-electron chi connectivity index (χ0n) is 15.7. The lowest BCUT2D eigenvalue weighted by Gasteiger charge is -2.32. The maximum atomic E-state index is 13.2. The average Bonchev–Trinajstić information content (AvgIpc) is 2.54. The number of aromatic nitrogens is 1. The molecular formula is C19H25BrN2O3S. The number of rotatable bonds is 6. The van der Waals surface area contributed by atoms with E-state index in [1.165, 1.54) is 4.31 Å². The van der Waals surface area contributed by atoms with E-state index in [4.69, 9.17) is 4.74 Å². The number of hydrogen-bond acceptors (Lipinski definition) is 4. The second-order valence-electron chi connectivity index (χ2n) is 7.26. The van der Waals surface area contributed by atoms with Gasteiger partial charge in [0.25, 0.3) is 0 Å². The molecule has 0 unspecified atom stereocenters. The van der Waals surface area contributed by atoms with Gasteiger partial charge in [-0.05, 0) is 80.4 Å². The van der Waals surface area contributed by atoms with Gasteiger partial charge >= 0.3 is 0 Å². The summed E-state index contributed by atoms with van der Waals surface area (Å²) in [6.45, 7) is 9.19. The molecule has 0 aliphatic heterocycles. The number of ether oxygens (including phenoxy) is 1. The Morgan fingerprint density at radius 2 is 1.77 bits per heavy atom. The molecule has 0 spiro atoms. The van der Waals surface area contributed by atoms with E-state index in [9.17, 15) is 8.42 Å². The van der Waals surface area contributed by atoms with Crippen molar-refractivity contribution >= 4 is 31.6 Å². The van der Waals surface area contributed by atoms with Crippen LogP contribution in [0.2, 0.25) is 0 Å². The molecule has 1 heterocycles. The Hall–Kier alpha value is -1.60. The van der Waals surface area contributed by atoms with Gasteiger partial charge in [0.05, 0.1) is 27.6 Å². The third kappa shape index (κ3) is 4.76. The van der Waals surface area contributed by atoms with Crippen LogP contribution in [0.3, 0.4) is 0 Å². The fourth-order valence-corrected chi connectivity index (χ4v) is 4.00. The zero-order chi connectivity index (χ0) is 19.5. The van der Waals surface area contributed by atoms with Crippen LogP contribution >= 0.6 is 15.9 Å². The fourth-order valence-electron chi connectivity index (χ4n) is 2.29. The van der Waals surface area contributed by atoms with E-state index in [1.807, 2.05) is 32.0 Å². The Kier molecular flexibility index (Phi) is 6.34. The molecular weight excluding hydrogens is 416 g/mol. The minimum absolute atomic E-state index is 0.0191. The van der Waals surface area contributed by atoms with Gasteiger partial charge in [-0.25, -0.2) is 8.42 Å². The summed E-state index contributed by atoms with van der Waals surface area (Å²) in [7, 11) is -3.61. The highest BCUT2D eigenvalue weighted by Gasteiger charge is 2.36. The Balaban J connectivity index is 2.54. The molecule has 5 nitrogen and oxygen atoms in total. The van der Waals surface area contributed by atoms with Crippen molar-refractivity contribution in [3.05, 3.63) is 52.8 Å². The van der Waals surface area contributed by atoms with Crippen molar-refractivity contribution in [1.82, 2.24) is 4.98 Å². The molecule has 0 aliphatic carbocycles. The Bertz CT molecular complexity index is 847. The van der Waals surface area contributed by atoms with E-state index in [-0.39, 0.29) is 12.6 Å². The third-order valence-electron chi connectivity index (χ3n) is 3.70. The lowest BCUT2D eigenvalue weighted by Crippen LogP contribution is -2.42. The molecule has 2 aromatic rings. The third-order valence-corrected chi connectivity index (χ3v) is 6.83. The Morgan fingerprint density at radius 1 is 1.15 bits per heavy atom. The van der Waals surface area contributed by atoms with Gasteiger partial charge in [0.1, 0.15) is 5.75 Å². The summed E-state index contributed by atoms with van der Waals surface area (Å²) in [4.78, 5) is 4.00. The van der Waals surface area contributed by atoms with Crippen LogP contribution in [0.5, 0.6) is 5.75 Å². The maximum absolute atomic E-state index is 13.2. The molecule has 0 saturated heterocycles. The first-order valence-corrected chi connectivity index (χ1v) is 10.6. The van der Waals surface area contributed by atoms with Gasteiger partial charge in [-0.1, -0.05) is 0 Å². The molecule has 0 N–H and O–H groups in total. The summed E-state index contributed by atoms with van der Waals surface area (Å²) in [5, 5.41) is 0. The lowest BCUT2D eigenvalue weighted by molar-refractivity contribution is 0.241. The first kappa shape index (κ1) is 20.7. The second-order valence-corrected chi connectivity index (χ2v) is 10.7. The largest absolute Gasteiger partial charge is 0.490 e. The highest BCUT2D eigenvalue weighted by atomic mass is 79.9. The average molecular weight is 441 g/mol. The number of hydrogen-bond donors (Lipinski definition) is 0. The van der Waals surface area contributed by atoms with Crippen LogP contribution in [0, 0.1) is 0 Å². The molecule has 0 bridgehead atoms. The van der Waals surface area contributed by atoms with Crippen LogP contribution in [0.1, 0.15) is 40.2 Å². The van der Waals surface area contributed by atoms with Crippen molar-refractivity contribution in [2.24, 2.45) is 0 Å². The van der Waals surface area contributed by atoms with E-state index in [0.717, 1.165) is 10.0 Å². The van der Waals surface area contributed by atoms with Crippen LogP contribution in [0.4, 0.5) is 5.69 Å². The van der Waals surface area contributed by atoms with E-state index in [1.54, 1.807) is 45.3 Å². The minimum Gasteiger partial charge on any atom is -0.490 e. The molecule has 26 heavy (non-hydrogen) atoms. The first-order chi connectivity index (χ1) is 12.0. The smallest absolute Gasteiger partial charge is 0.240 e. The highest BCUT2D eigenvalue weighted by Crippen LogP contribution is 2.35. The van der Waals surface area contributed by atoms with Crippen LogP contribution < -0.4 is 9.04 Å². The van der Waals surface area contributed by atoms with E-state index in [2.05, 4.69) is 20.9 Å². The summed E-state index contributed by atoms with van der Waals surface area (Å²) in [6.07, 6.45) is 3.30. The standard InChI is InChI=1S/C19H25BrN2O3S/c1-14(2)25-18-12-16(6-7-17(18)20)22(26(23,24)19(3,4)5)13-15-8-10-21-11-9-15/h6-12,14H,13H2,1-5H3. The zero-order valence-corrected chi connectivity index (χ0v) is 18.1. The summed E-state index contributed by atoms with van der Waals surface area (Å²) in [5.41, 5.74) is 1.43. The number of halogens is 1. The van der Waals surface area contributed by atoms with Crippen LogP contribution in [-0.4, -0.2) is 24.3 Å². The maximum Gasteiger partial charge on any atom is 0.240 e. The normalized spacial score (nSPS) is 12.3. The van der Waals surface area contributed by atoms with E-state index < -0.39 is 14.8 Å². The molecule has 1 aromatic heterocycles. The number of benzene rings is 1. The number of sulfonamides is 1. The topological polar surface area (TPSA) is 59.5 Å². The first-order valence-electron chi connectivity index (χ1n) is 8.40. The molecule has 0 aliphatic rings. The summed E-state index contributed by atoms with van der Waals surface area (Å²) < 4.78 is 33.6. The molecule has 142 valence electrons. The molecule has 0 fully saturated rings. The van der Waals surface area contributed by atoms with Gasteiger partial charge in [-0.2, -0.15) is 0 Å². The van der Waals surface area contributed by atoms with Crippen molar-refractivity contribution in [3.63, 3.8) is 0 Å². The monoisotopic (exact) mass is 440 g/mol. The Labute approximate surface area is 164 Å². The lowest BCUT2D eigenvalue weighted by atomic mass is 10.2. The molecule has 2 rings (SSSR count). The molecule has 7 heteroatoms. The predicted octanol–water partition coefficient (Wildman–Crippen LogP) is 4.77. The minimum atomic E-state index is -3.61. The van der Waals surface area contributed by atoms with Crippen molar-refractivity contribution in [2.45, 2.75) is 52.0 Å². The summed E-state index contributed by atoms with van der Waals surface area (Å²) >= 11 is 3.46. The number of anilines is 1. The van der Waals surface area contributed by atoms with Gasteiger partial charge in [0.15, 0.2) is 0 Å². The van der Waals surface area contributed by atoms with Gasteiger partial charge in [-0.15, -0.1) is 0 Å². The van der Waals surface area contributed by atoms with Gasteiger partial charge in [0, 0.05) is 18.5 Å². The van der Waals surface area contributed by atoms with Crippen molar-refractivity contribution < 1.29 is 13.2 Å². The molecule has 0 saturated carbocycles. The molecule has 0 radical (unpaired) electrons. The summed E-state index contributed by atoms with van der Waals surface area (Å²) in [5.74, 6) is 0.612. The van der Waals surface area contributed by atoms with Crippen molar-refractivity contribution in [1.29, 1.82) is 0 Å². The van der Waals surface area contributed by atoms with Crippen molar-refractivity contribution in [2.75, 3.05) is 4.31 Å². The summed E-state index contributed by atoms with van der Waals surface area (Å²) in [6, 6.07) is 8.98. The second kappa shape index (κ2) is 7.96. The highest BCUT2D eigenvalue weighted by molar-refractivity contribution is 9.10. The van der Waals surface area contributed by atoms with E-state index >= 15 is 0 Å². The SMILES string of the molecule is CC(C)Oc1cc(N(Cc2ccncc2)S(=O)(=O)C(C)(C)C)ccc1Br. The quantitative estimate of drug-likeness (QED) is 0.648. The fraction of sp³-hybridized carbons (Fsp3) is 0.421. The van der Waals surface area contributed by atoms with Crippen molar-refractivity contribution in [3.8, 4) is 5.75 Å². The molecule has 0 amide bonds. The molecule has 0 atom stereocenters. The predicted molar refractivity (Wildman–Crippen MR) is 109 cm³/mol. The van der Waals surface area contributed by atoms with Crippen LogP contribution in [-0.2, 0) is 16.6 Å². The van der Waals surface area contributed by atoms with Gasteiger partial charge in [0.2, 0.25) is 10.0 Å². The number of nitrogens with zero attached hydrogens (tertiary/aromatic N) is 2.